The number of ether oxygens (including phenoxy) is 1. The summed E-state index contributed by atoms with van der Waals surface area (Å²) in [4.78, 5) is 9.39. The molecule has 1 aromatic carbocycles. The van der Waals surface area contributed by atoms with Gasteiger partial charge in [-0.2, -0.15) is 0 Å². The van der Waals surface area contributed by atoms with Gasteiger partial charge in [0.05, 0.1) is 5.60 Å². The number of piperazine rings is 1. The van der Waals surface area contributed by atoms with Gasteiger partial charge in [0.15, 0.2) is 5.96 Å². The molecule has 0 spiro atoms. The summed E-state index contributed by atoms with van der Waals surface area (Å²) in [6, 6.07) is 10.8. The lowest BCUT2D eigenvalue weighted by Crippen LogP contribution is -2.47. The van der Waals surface area contributed by atoms with Gasteiger partial charge in [0.2, 0.25) is 0 Å². The van der Waals surface area contributed by atoms with Gasteiger partial charge in [-0.1, -0.05) is 30.3 Å². The normalized spacial score (nSPS) is 16.5. The number of rotatable bonds is 9. The minimum absolute atomic E-state index is 0. The van der Waals surface area contributed by atoms with Gasteiger partial charge in [0.25, 0.3) is 0 Å². The number of methoxy groups -OCH3 is 1. The highest BCUT2D eigenvalue weighted by Gasteiger charge is 2.17. The van der Waals surface area contributed by atoms with Crippen LogP contribution in [0.2, 0.25) is 0 Å². The fourth-order valence-electron chi connectivity index (χ4n) is 3.11. The Morgan fingerprint density at radius 1 is 1.07 bits per heavy atom. The average molecular weight is 503 g/mol. The Hall–Kier alpha value is -0.900. The molecule has 1 aliphatic rings. The summed E-state index contributed by atoms with van der Waals surface area (Å²) in [6.07, 6.45) is 1.12. The molecule has 0 atom stereocenters. The van der Waals surface area contributed by atoms with E-state index in [0.717, 1.165) is 64.7 Å². The van der Waals surface area contributed by atoms with Crippen LogP contribution >= 0.6 is 24.0 Å². The van der Waals surface area contributed by atoms with Crippen molar-refractivity contribution in [2.24, 2.45) is 4.99 Å². The predicted molar refractivity (Wildman–Crippen MR) is 129 cm³/mol. The predicted octanol–water partition coefficient (Wildman–Crippen LogP) is 2.40. The zero-order valence-corrected chi connectivity index (χ0v) is 20.2. The molecule has 0 unspecified atom stereocenters. The largest absolute Gasteiger partial charge is 0.377 e. The Bertz CT molecular complexity index is 559. The number of benzene rings is 1. The quantitative estimate of drug-likeness (QED) is 0.235. The molecule has 160 valence electrons. The molecule has 7 heteroatoms. The molecule has 1 aromatic rings. The number of nitrogens with one attached hydrogen (secondary N) is 2. The molecule has 2 N–H and O–H groups in total. The van der Waals surface area contributed by atoms with Crippen LogP contribution in [0.1, 0.15) is 25.8 Å². The number of hydrogen-bond acceptors (Lipinski definition) is 4. The van der Waals surface area contributed by atoms with Gasteiger partial charge in [-0.3, -0.25) is 9.89 Å². The van der Waals surface area contributed by atoms with Gasteiger partial charge in [0, 0.05) is 60.0 Å². The fourth-order valence-corrected chi connectivity index (χ4v) is 3.11. The van der Waals surface area contributed by atoms with E-state index >= 15 is 0 Å². The van der Waals surface area contributed by atoms with Crippen LogP contribution in [0.3, 0.4) is 0 Å². The minimum atomic E-state index is -0.197. The van der Waals surface area contributed by atoms with Gasteiger partial charge in [-0.05, 0) is 32.4 Å². The number of nitrogens with zero attached hydrogens (tertiary/aromatic N) is 3. The summed E-state index contributed by atoms with van der Waals surface area (Å²) < 4.78 is 5.43. The smallest absolute Gasteiger partial charge is 0.191 e. The maximum Gasteiger partial charge on any atom is 0.191 e. The van der Waals surface area contributed by atoms with Gasteiger partial charge >= 0.3 is 0 Å². The van der Waals surface area contributed by atoms with Crippen LogP contribution in [0.4, 0.5) is 0 Å². The Balaban J connectivity index is 0.00000392. The Kier molecular flexibility index (Phi) is 12.0. The first-order chi connectivity index (χ1) is 13.0. The average Bonchev–Trinajstić information content (AvgIpc) is 2.69. The van der Waals surface area contributed by atoms with Crippen LogP contribution < -0.4 is 10.6 Å². The summed E-state index contributed by atoms with van der Waals surface area (Å²) in [7, 11) is 3.54. The van der Waals surface area contributed by atoms with Crippen molar-refractivity contribution in [3.63, 3.8) is 0 Å². The summed E-state index contributed by atoms with van der Waals surface area (Å²) in [5.74, 6) is 0.841. The van der Waals surface area contributed by atoms with Crippen molar-refractivity contribution in [1.29, 1.82) is 0 Å². The molecule has 1 saturated heterocycles. The van der Waals surface area contributed by atoms with Crippen molar-refractivity contribution >= 4 is 29.9 Å². The zero-order valence-electron chi connectivity index (χ0n) is 17.9. The fraction of sp³-hybridized carbons (Fsp3) is 0.667. The molecule has 0 amide bonds. The topological polar surface area (TPSA) is 52.1 Å². The van der Waals surface area contributed by atoms with E-state index in [4.69, 9.17) is 4.74 Å². The number of aliphatic imine (C=N–C) groups is 1. The first-order valence-electron chi connectivity index (χ1n) is 10.0. The standard InChI is InChI=1S/C21H37N5O.HI/c1-21(2,27-4)18-24-20(22-3)23-11-8-12-25-13-15-26(16-14-25)17-19-9-6-5-7-10-19;/h5-7,9-10H,8,11-18H2,1-4H3,(H2,22,23,24);1H. The maximum absolute atomic E-state index is 5.43. The molecule has 2 rings (SSSR count). The summed E-state index contributed by atoms with van der Waals surface area (Å²) in [5, 5.41) is 6.72. The Morgan fingerprint density at radius 2 is 1.71 bits per heavy atom. The lowest BCUT2D eigenvalue weighted by molar-refractivity contribution is 0.0268. The molecule has 6 nitrogen and oxygen atoms in total. The Labute approximate surface area is 188 Å². The monoisotopic (exact) mass is 503 g/mol. The van der Waals surface area contributed by atoms with E-state index in [2.05, 4.69) is 69.6 Å². The summed E-state index contributed by atoms with van der Waals surface area (Å²) >= 11 is 0. The first kappa shape index (κ1) is 25.1. The third kappa shape index (κ3) is 9.54. The van der Waals surface area contributed by atoms with Crippen LogP contribution in [-0.4, -0.2) is 81.3 Å². The summed E-state index contributed by atoms with van der Waals surface area (Å²) in [6.45, 7) is 12.6. The molecule has 1 aliphatic heterocycles. The first-order valence-corrected chi connectivity index (χ1v) is 10.0. The zero-order chi connectivity index (χ0) is 19.5. The van der Waals surface area contributed by atoms with Crippen LogP contribution in [0.25, 0.3) is 0 Å². The van der Waals surface area contributed by atoms with Crippen molar-refractivity contribution < 1.29 is 4.74 Å². The molecule has 28 heavy (non-hydrogen) atoms. The molecule has 0 radical (unpaired) electrons. The number of guanidine groups is 1. The van der Waals surface area contributed by atoms with E-state index in [-0.39, 0.29) is 29.6 Å². The van der Waals surface area contributed by atoms with Gasteiger partial charge in [0.1, 0.15) is 0 Å². The van der Waals surface area contributed by atoms with Crippen LogP contribution in [-0.2, 0) is 11.3 Å². The molecule has 1 heterocycles. The second-order valence-electron chi connectivity index (χ2n) is 7.77. The molecular formula is C21H38IN5O. The van der Waals surface area contributed by atoms with Crippen LogP contribution in [0.5, 0.6) is 0 Å². The minimum Gasteiger partial charge on any atom is -0.377 e. The second kappa shape index (κ2) is 13.3. The van der Waals surface area contributed by atoms with Crippen molar-refractivity contribution in [3.05, 3.63) is 35.9 Å². The highest BCUT2D eigenvalue weighted by Crippen LogP contribution is 2.08. The van der Waals surface area contributed by atoms with E-state index < -0.39 is 0 Å². The van der Waals surface area contributed by atoms with Crippen molar-refractivity contribution in [2.75, 3.05) is 60.0 Å². The van der Waals surface area contributed by atoms with Crippen LogP contribution in [0, 0.1) is 0 Å². The van der Waals surface area contributed by atoms with Crippen molar-refractivity contribution in [1.82, 2.24) is 20.4 Å². The number of halogens is 1. The molecule has 0 bridgehead atoms. The maximum atomic E-state index is 5.43. The van der Waals surface area contributed by atoms with Gasteiger partial charge in [-0.15, -0.1) is 24.0 Å². The van der Waals surface area contributed by atoms with Crippen molar-refractivity contribution in [3.8, 4) is 0 Å². The molecule has 0 aliphatic carbocycles. The lowest BCUT2D eigenvalue weighted by Gasteiger charge is -2.34. The van der Waals surface area contributed by atoms with Crippen molar-refractivity contribution in [2.45, 2.75) is 32.4 Å². The van der Waals surface area contributed by atoms with E-state index in [0.29, 0.717) is 0 Å². The SMILES string of the molecule is CN=C(NCCCN1CCN(Cc2ccccc2)CC1)NCC(C)(C)OC.I. The summed E-state index contributed by atoms with van der Waals surface area (Å²) in [5.41, 5.74) is 1.21. The molecule has 0 aromatic heterocycles. The third-order valence-corrected chi connectivity index (χ3v) is 5.12. The number of hydrogen-bond donors (Lipinski definition) is 2. The molecule has 1 fully saturated rings. The van der Waals surface area contributed by atoms with Crippen LogP contribution in [0.15, 0.2) is 35.3 Å². The lowest BCUT2D eigenvalue weighted by atomic mass is 10.1. The Morgan fingerprint density at radius 3 is 2.32 bits per heavy atom. The van der Waals surface area contributed by atoms with Gasteiger partial charge < -0.3 is 20.3 Å². The molecular weight excluding hydrogens is 465 g/mol. The highest BCUT2D eigenvalue weighted by molar-refractivity contribution is 14.0. The van der Waals surface area contributed by atoms with E-state index in [1.54, 1.807) is 14.2 Å². The van der Waals surface area contributed by atoms with E-state index in [1.807, 2.05) is 0 Å². The van der Waals surface area contributed by atoms with E-state index in [1.165, 1.54) is 5.56 Å². The highest BCUT2D eigenvalue weighted by atomic mass is 127. The third-order valence-electron chi connectivity index (χ3n) is 5.12. The molecule has 0 saturated carbocycles. The van der Waals surface area contributed by atoms with E-state index in [9.17, 15) is 0 Å². The second-order valence-corrected chi connectivity index (χ2v) is 7.77. The van der Waals surface area contributed by atoms with Gasteiger partial charge in [-0.25, -0.2) is 0 Å².